The van der Waals surface area contributed by atoms with Gasteiger partial charge < -0.3 is 20.3 Å². The van der Waals surface area contributed by atoms with E-state index in [9.17, 15) is 8.78 Å². The Hall–Kier alpha value is -1.00. The minimum Gasteiger partial charge on any atom is -0.385 e. The van der Waals surface area contributed by atoms with Crippen LogP contribution < -0.4 is 10.6 Å². The van der Waals surface area contributed by atoms with E-state index in [1.54, 1.807) is 7.11 Å². The molecule has 28 heavy (non-hydrogen) atoms. The second-order valence-electron chi connectivity index (χ2n) is 6.85. The molecular formula is C20H33F2IN4O. The standard InChI is InChI=1S/C20H32F2N4O.HI/c1-3-23-20(24-10-7-16-5-6-17(21)15-19(16)22)25-18-8-12-26(13-9-18)11-4-14-27-2;/h5-6,15,18H,3-4,7-14H2,1-2H3,(H2,23,24,25);1H. The maximum absolute atomic E-state index is 13.7. The predicted octanol–water partition coefficient (Wildman–Crippen LogP) is 3.18. The van der Waals surface area contributed by atoms with Crippen molar-refractivity contribution in [2.75, 3.05) is 46.4 Å². The Kier molecular flexibility index (Phi) is 12.6. The molecule has 0 amide bonds. The lowest BCUT2D eigenvalue weighted by Gasteiger charge is -2.33. The van der Waals surface area contributed by atoms with Gasteiger partial charge in [0, 0.05) is 58.5 Å². The molecule has 1 aromatic carbocycles. The number of aliphatic imine (C=N–C) groups is 1. The molecule has 0 unspecified atom stereocenters. The summed E-state index contributed by atoms with van der Waals surface area (Å²) >= 11 is 0. The van der Waals surface area contributed by atoms with E-state index in [4.69, 9.17) is 4.74 Å². The molecule has 160 valence electrons. The molecule has 1 aliphatic rings. The number of hydrogen-bond donors (Lipinski definition) is 2. The zero-order chi connectivity index (χ0) is 19.5. The summed E-state index contributed by atoms with van der Waals surface area (Å²) in [6.07, 6.45) is 3.66. The molecule has 1 aliphatic heterocycles. The quantitative estimate of drug-likeness (QED) is 0.232. The van der Waals surface area contributed by atoms with Gasteiger partial charge in [0.25, 0.3) is 0 Å². The van der Waals surface area contributed by atoms with Crippen LogP contribution in [0, 0.1) is 11.6 Å². The van der Waals surface area contributed by atoms with Gasteiger partial charge in [-0.15, -0.1) is 24.0 Å². The number of piperidine rings is 1. The van der Waals surface area contributed by atoms with Crippen molar-refractivity contribution in [2.45, 2.75) is 38.6 Å². The van der Waals surface area contributed by atoms with Gasteiger partial charge in [-0.2, -0.15) is 0 Å². The first-order valence-electron chi connectivity index (χ1n) is 9.82. The fourth-order valence-electron chi connectivity index (χ4n) is 3.26. The van der Waals surface area contributed by atoms with E-state index < -0.39 is 11.6 Å². The summed E-state index contributed by atoms with van der Waals surface area (Å²) in [4.78, 5) is 7.02. The van der Waals surface area contributed by atoms with Gasteiger partial charge in [-0.05, 0) is 44.2 Å². The van der Waals surface area contributed by atoms with Crippen LogP contribution >= 0.6 is 24.0 Å². The Labute approximate surface area is 184 Å². The van der Waals surface area contributed by atoms with Gasteiger partial charge in [0.1, 0.15) is 11.6 Å². The maximum Gasteiger partial charge on any atom is 0.191 e. The number of rotatable bonds is 9. The number of likely N-dealkylation sites (tertiary alicyclic amines) is 1. The lowest BCUT2D eigenvalue weighted by molar-refractivity contribution is 0.155. The molecule has 5 nitrogen and oxygen atoms in total. The first kappa shape index (κ1) is 25.0. The minimum absolute atomic E-state index is 0. The van der Waals surface area contributed by atoms with Crippen LogP contribution in [0.3, 0.4) is 0 Å². The highest BCUT2D eigenvalue weighted by atomic mass is 127. The number of methoxy groups -OCH3 is 1. The average Bonchev–Trinajstić information content (AvgIpc) is 2.65. The molecule has 0 spiro atoms. The Bertz CT molecular complexity index is 596. The van der Waals surface area contributed by atoms with Crippen LogP contribution in [0.4, 0.5) is 8.78 Å². The second-order valence-corrected chi connectivity index (χ2v) is 6.85. The van der Waals surface area contributed by atoms with Crippen molar-refractivity contribution in [3.63, 3.8) is 0 Å². The zero-order valence-electron chi connectivity index (χ0n) is 16.8. The average molecular weight is 510 g/mol. The third-order valence-electron chi connectivity index (χ3n) is 4.76. The number of nitrogens with one attached hydrogen (secondary N) is 2. The van der Waals surface area contributed by atoms with Crippen molar-refractivity contribution in [2.24, 2.45) is 4.99 Å². The summed E-state index contributed by atoms with van der Waals surface area (Å²) in [6, 6.07) is 4.08. The van der Waals surface area contributed by atoms with E-state index in [0.29, 0.717) is 24.6 Å². The van der Waals surface area contributed by atoms with E-state index in [1.807, 2.05) is 6.92 Å². The SMILES string of the molecule is CCNC(=NCCc1ccc(F)cc1F)NC1CCN(CCCOC)CC1.I. The van der Waals surface area contributed by atoms with Crippen molar-refractivity contribution in [3.05, 3.63) is 35.4 Å². The molecule has 0 bridgehead atoms. The normalized spacial score (nSPS) is 15.9. The van der Waals surface area contributed by atoms with Gasteiger partial charge in [-0.25, -0.2) is 8.78 Å². The smallest absolute Gasteiger partial charge is 0.191 e. The Morgan fingerprint density at radius 2 is 2.04 bits per heavy atom. The third kappa shape index (κ3) is 9.00. The molecule has 0 radical (unpaired) electrons. The van der Waals surface area contributed by atoms with Gasteiger partial charge >= 0.3 is 0 Å². The Balaban J connectivity index is 0.00000392. The van der Waals surface area contributed by atoms with Crippen LogP contribution in [0.1, 0.15) is 31.7 Å². The zero-order valence-corrected chi connectivity index (χ0v) is 19.2. The van der Waals surface area contributed by atoms with E-state index in [2.05, 4.69) is 20.5 Å². The summed E-state index contributed by atoms with van der Waals surface area (Å²) in [6.45, 7) is 7.28. The summed E-state index contributed by atoms with van der Waals surface area (Å²) in [5, 5.41) is 6.74. The fourth-order valence-corrected chi connectivity index (χ4v) is 3.26. The third-order valence-corrected chi connectivity index (χ3v) is 4.76. The van der Waals surface area contributed by atoms with Gasteiger partial charge in [0.15, 0.2) is 5.96 Å². The van der Waals surface area contributed by atoms with Crippen LogP contribution in [0.25, 0.3) is 0 Å². The van der Waals surface area contributed by atoms with E-state index in [1.165, 1.54) is 12.1 Å². The highest BCUT2D eigenvalue weighted by Crippen LogP contribution is 2.12. The van der Waals surface area contributed by atoms with Crippen LogP contribution in [0.5, 0.6) is 0 Å². The molecule has 1 saturated heterocycles. The number of guanidine groups is 1. The monoisotopic (exact) mass is 510 g/mol. The largest absolute Gasteiger partial charge is 0.385 e. The van der Waals surface area contributed by atoms with Crippen LogP contribution in [0.2, 0.25) is 0 Å². The fraction of sp³-hybridized carbons (Fsp3) is 0.650. The lowest BCUT2D eigenvalue weighted by Crippen LogP contribution is -2.49. The number of nitrogens with zero attached hydrogens (tertiary/aromatic N) is 2. The van der Waals surface area contributed by atoms with Crippen molar-refractivity contribution >= 4 is 29.9 Å². The van der Waals surface area contributed by atoms with Gasteiger partial charge in [0.05, 0.1) is 0 Å². The Morgan fingerprint density at radius 3 is 2.68 bits per heavy atom. The van der Waals surface area contributed by atoms with Crippen LogP contribution in [-0.4, -0.2) is 63.3 Å². The number of halogens is 3. The van der Waals surface area contributed by atoms with Crippen LogP contribution in [-0.2, 0) is 11.2 Å². The first-order chi connectivity index (χ1) is 13.1. The molecule has 0 saturated carbocycles. The Morgan fingerprint density at radius 1 is 1.29 bits per heavy atom. The van der Waals surface area contributed by atoms with Gasteiger partial charge in [-0.1, -0.05) is 6.07 Å². The molecule has 1 aromatic rings. The molecule has 1 fully saturated rings. The number of hydrogen-bond acceptors (Lipinski definition) is 3. The first-order valence-corrected chi connectivity index (χ1v) is 9.82. The van der Waals surface area contributed by atoms with Crippen molar-refractivity contribution in [3.8, 4) is 0 Å². The highest BCUT2D eigenvalue weighted by molar-refractivity contribution is 14.0. The topological polar surface area (TPSA) is 48.9 Å². The van der Waals surface area contributed by atoms with E-state index in [-0.39, 0.29) is 24.0 Å². The van der Waals surface area contributed by atoms with Crippen LogP contribution in [0.15, 0.2) is 23.2 Å². The van der Waals surface area contributed by atoms with Gasteiger partial charge in [-0.3, -0.25) is 4.99 Å². The lowest BCUT2D eigenvalue weighted by atomic mass is 10.1. The summed E-state index contributed by atoms with van der Waals surface area (Å²) < 4.78 is 31.8. The molecule has 0 aliphatic carbocycles. The second kappa shape index (κ2) is 14.1. The molecular weight excluding hydrogens is 477 g/mol. The molecule has 0 aromatic heterocycles. The van der Waals surface area contributed by atoms with Gasteiger partial charge in [0.2, 0.25) is 0 Å². The van der Waals surface area contributed by atoms with E-state index >= 15 is 0 Å². The molecule has 2 N–H and O–H groups in total. The number of ether oxygens (including phenoxy) is 1. The van der Waals surface area contributed by atoms with Crippen molar-refractivity contribution in [1.29, 1.82) is 0 Å². The minimum atomic E-state index is -0.552. The molecule has 8 heteroatoms. The van der Waals surface area contributed by atoms with Crippen molar-refractivity contribution < 1.29 is 13.5 Å². The summed E-state index contributed by atoms with van der Waals surface area (Å²) in [7, 11) is 1.74. The molecule has 0 atom stereocenters. The van der Waals surface area contributed by atoms with Crippen molar-refractivity contribution in [1.82, 2.24) is 15.5 Å². The maximum atomic E-state index is 13.7. The van der Waals surface area contributed by atoms with E-state index in [0.717, 1.165) is 64.1 Å². The highest BCUT2D eigenvalue weighted by Gasteiger charge is 2.19. The number of benzene rings is 1. The molecule has 2 rings (SSSR count). The summed E-state index contributed by atoms with van der Waals surface area (Å²) in [5.41, 5.74) is 0.486. The predicted molar refractivity (Wildman–Crippen MR) is 121 cm³/mol. The molecule has 1 heterocycles. The summed E-state index contributed by atoms with van der Waals surface area (Å²) in [5.74, 6) is -0.301.